The van der Waals surface area contributed by atoms with Gasteiger partial charge in [-0.25, -0.2) is 8.42 Å². The van der Waals surface area contributed by atoms with E-state index >= 15 is 0 Å². The largest absolute Gasteiger partial charge is 0.469 e. The Bertz CT molecular complexity index is 674. The van der Waals surface area contributed by atoms with Crippen LogP contribution in [0.5, 0.6) is 0 Å². The van der Waals surface area contributed by atoms with Crippen LogP contribution in [0.25, 0.3) is 0 Å². The fraction of sp³-hybridized carbons (Fsp3) is 0.286. The van der Waals surface area contributed by atoms with Crippen molar-refractivity contribution in [3.05, 3.63) is 53.5 Å². The summed E-state index contributed by atoms with van der Waals surface area (Å²) >= 11 is 0. The van der Waals surface area contributed by atoms with Gasteiger partial charge in [0.25, 0.3) is 0 Å². The first-order valence-corrected chi connectivity index (χ1v) is 7.42. The van der Waals surface area contributed by atoms with E-state index in [-0.39, 0.29) is 0 Å². The summed E-state index contributed by atoms with van der Waals surface area (Å²) in [6.45, 7) is 3.92. The Labute approximate surface area is 113 Å². The summed E-state index contributed by atoms with van der Waals surface area (Å²) in [4.78, 5) is 0.346. The third-order valence-corrected chi connectivity index (χ3v) is 5.10. The monoisotopic (exact) mass is 279 g/mol. The van der Waals surface area contributed by atoms with Crippen LogP contribution in [-0.2, 0) is 16.6 Å². The molecule has 0 radical (unpaired) electrons. The molecule has 102 valence electrons. The summed E-state index contributed by atoms with van der Waals surface area (Å²) in [6.07, 6.45) is 1.57. The van der Waals surface area contributed by atoms with Crippen LogP contribution in [0, 0.1) is 13.8 Å². The normalized spacial score (nSPS) is 12.0. The Morgan fingerprint density at radius 1 is 1.16 bits per heavy atom. The zero-order valence-corrected chi connectivity index (χ0v) is 12.1. The molecule has 2 rings (SSSR count). The van der Waals surface area contributed by atoms with Gasteiger partial charge in [0.2, 0.25) is 10.0 Å². The van der Waals surface area contributed by atoms with Gasteiger partial charge in [0, 0.05) is 19.2 Å². The highest BCUT2D eigenvalue weighted by Gasteiger charge is 2.23. The molecule has 1 aromatic carbocycles. The first-order valence-electron chi connectivity index (χ1n) is 5.98. The van der Waals surface area contributed by atoms with Crippen molar-refractivity contribution in [3.63, 3.8) is 0 Å². The molecule has 1 aromatic heterocycles. The van der Waals surface area contributed by atoms with E-state index in [0.717, 1.165) is 16.9 Å². The second kappa shape index (κ2) is 5.19. The number of aryl methyl sites for hydroxylation is 2. The average molecular weight is 279 g/mol. The van der Waals surface area contributed by atoms with E-state index in [2.05, 4.69) is 0 Å². The summed E-state index contributed by atoms with van der Waals surface area (Å²) < 4.78 is 31.5. The van der Waals surface area contributed by atoms with Gasteiger partial charge in [-0.1, -0.05) is 18.2 Å². The van der Waals surface area contributed by atoms with Crippen LogP contribution in [0.15, 0.2) is 45.9 Å². The van der Waals surface area contributed by atoms with Crippen molar-refractivity contribution in [2.45, 2.75) is 25.3 Å². The molecule has 0 aliphatic rings. The van der Waals surface area contributed by atoms with Crippen LogP contribution in [0.1, 0.15) is 16.9 Å². The summed E-state index contributed by atoms with van der Waals surface area (Å²) in [5.74, 6) is 0.742. The SMILES string of the molecule is Cc1ccccc1S(=O)(=O)N(C)Cc1ccoc1C. The van der Waals surface area contributed by atoms with E-state index < -0.39 is 10.0 Å². The molecule has 0 aliphatic heterocycles. The van der Waals surface area contributed by atoms with Gasteiger partial charge in [-0.05, 0) is 31.5 Å². The predicted molar refractivity (Wildman–Crippen MR) is 73.3 cm³/mol. The molecule has 0 bridgehead atoms. The maximum atomic E-state index is 12.5. The van der Waals surface area contributed by atoms with Gasteiger partial charge in [0.05, 0.1) is 11.2 Å². The number of benzene rings is 1. The van der Waals surface area contributed by atoms with E-state index in [1.54, 1.807) is 44.5 Å². The van der Waals surface area contributed by atoms with E-state index in [4.69, 9.17) is 4.42 Å². The molecule has 0 unspecified atom stereocenters. The molecule has 0 spiro atoms. The molecule has 4 nitrogen and oxygen atoms in total. The number of hydrogen-bond acceptors (Lipinski definition) is 3. The van der Waals surface area contributed by atoms with Gasteiger partial charge < -0.3 is 4.42 Å². The highest BCUT2D eigenvalue weighted by molar-refractivity contribution is 7.89. The zero-order chi connectivity index (χ0) is 14.0. The van der Waals surface area contributed by atoms with Crippen LogP contribution in [0.4, 0.5) is 0 Å². The van der Waals surface area contributed by atoms with Crippen molar-refractivity contribution in [2.24, 2.45) is 0 Å². The molecule has 19 heavy (non-hydrogen) atoms. The van der Waals surface area contributed by atoms with Crippen molar-refractivity contribution in [3.8, 4) is 0 Å². The quantitative estimate of drug-likeness (QED) is 0.864. The number of rotatable bonds is 4. The van der Waals surface area contributed by atoms with Crippen molar-refractivity contribution < 1.29 is 12.8 Å². The second-order valence-electron chi connectivity index (χ2n) is 4.53. The topological polar surface area (TPSA) is 50.5 Å². The number of sulfonamides is 1. The van der Waals surface area contributed by atoms with E-state index in [9.17, 15) is 8.42 Å². The van der Waals surface area contributed by atoms with Crippen LogP contribution in [0.2, 0.25) is 0 Å². The lowest BCUT2D eigenvalue weighted by Gasteiger charge is -2.18. The molecule has 0 atom stereocenters. The van der Waals surface area contributed by atoms with Gasteiger partial charge in [-0.3, -0.25) is 0 Å². The van der Waals surface area contributed by atoms with E-state index in [0.29, 0.717) is 11.4 Å². The lowest BCUT2D eigenvalue weighted by atomic mass is 10.2. The van der Waals surface area contributed by atoms with E-state index in [1.165, 1.54) is 4.31 Å². The van der Waals surface area contributed by atoms with Gasteiger partial charge >= 0.3 is 0 Å². The van der Waals surface area contributed by atoms with Crippen LogP contribution < -0.4 is 0 Å². The van der Waals surface area contributed by atoms with Gasteiger partial charge in [-0.15, -0.1) is 0 Å². The second-order valence-corrected chi connectivity index (χ2v) is 6.54. The first-order chi connectivity index (χ1) is 8.93. The minimum Gasteiger partial charge on any atom is -0.469 e. The van der Waals surface area contributed by atoms with Crippen LogP contribution in [0.3, 0.4) is 0 Å². The maximum Gasteiger partial charge on any atom is 0.243 e. The Kier molecular flexibility index (Phi) is 3.78. The summed E-state index contributed by atoms with van der Waals surface area (Å²) in [7, 11) is -1.89. The average Bonchev–Trinajstić information content (AvgIpc) is 2.75. The standard InChI is InChI=1S/C14H17NO3S/c1-11-6-4-5-7-14(11)19(16,17)15(3)10-13-8-9-18-12(13)2/h4-9H,10H2,1-3H3. The fourth-order valence-corrected chi connectivity index (χ4v) is 3.28. The Balaban J connectivity index is 2.30. The molecular weight excluding hydrogens is 262 g/mol. The predicted octanol–water partition coefficient (Wildman–Crippen LogP) is 2.72. The van der Waals surface area contributed by atoms with Crippen LogP contribution in [-0.4, -0.2) is 19.8 Å². The van der Waals surface area contributed by atoms with Gasteiger partial charge in [0.1, 0.15) is 5.76 Å². The molecule has 0 N–H and O–H groups in total. The Hall–Kier alpha value is -1.59. The molecule has 0 amide bonds. The van der Waals surface area contributed by atoms with Crippen molar-refractivity contribution in [2.75, 3.05) is 7.05 Å². The third kappa shape index (κ3) is 2.72. The summed E-state index contributed by atoms with van der Waals surface area (Å²) in [6, 6.07) is 8.78. The third-order valence-electron chi connectivity index (χ3n) is 3.14. The molecule has 0 saturated carbocycles. The Morgan fingerprint density at radius 2 is 1.84 bits per heavy atom. The minimum atomic E-state index is -3.47. The molecule has 1 heterocycles. The van der Waals surface area contributed by atoms with Gasteiger partial charge in [-0.2, -0.15) is 4.31 Å². The maximum absolute atomic E-state index is 12.5. The first kappa shape index (κ1) is 13.8. The van der Waals surface area contributed by atoms with Gasteiger partial charge in [0.15, 0.2) is 0 Å². The summed E-state index contributed by atoms with van der Waals surface area (Å²) in [5.41, 5.74) is 1.62. The molecule has 0 aliphatic carbocycles. The number of furan rings is 1. The fourth-order valence-electron chi connectivity index (χ4n) is 1.91. The Morgan fingerprint density at radius 3 is 2.42 bits per heavy atom. The molecule has 5 heteroatoms. The lowest BCUT2D eigenvalue weighted by Crippen LogP contribution is -2.27. The highest BCUT2D eigenvalue weighted by Crippen LogP contribution is 2.21. The molecule has 0 fully saturated rings. The van der Waals surface area contributed by atoms with Crippen molar-refractivity contribution >= 4 is 10.0 Å². The highest BCUT2D eigenvalue weighted by atomic mass is 32.2. The number of nitrogens with zero attached hydrogens (tertiary/aromatic N) is 1. The van der Waals surface area contributed by atoms with Crippen LogP contribution >= 0.6 is 0 Å². The summed E-state index contributed by atoms with van der Waals surface area (Å²) in [5, 5.41) is 0. The molecular formula is C14H17NO3S. The zero-order valence-electron chi connectivity index (χ0n) is 11.3. The minimum absolute atomic E-state index is 0.305. The lowest BCUT2D eigenvalue weighted by molar-refractivity contribution is 0.458. The number of hydrogen-bond donors (Lipinski definition) is 0. The van der Waals surface area contributed by atoms with Crippen molar-refractivity contribution in [1.29, 1.82) is 0 Å². The van der Waals surface area contributed by atoms with Crippen molar-refractivity contribution in [1.82, 2.24) is 4.31 Å². The molecule has 2 aromatic rings. The molecule has 0 saturated heterocycles. The smallest absolute Gasteiger partial charge is 0.243 e. The van der Waals surface area contributed by atoms with E-state index in [1.807, 2.05) is 13.0 Å².